The lowest BCUT2D eigenvalue weighted by atomic mass is 9.82. The number of epoxide rings is 1. The number of hydrogen-bond acceptors (Lipinski definition) is 2. The van der Waals surface area contributed by atoms with E-state index in [1.54, 1.807) is 6.42 Å². The van der Waals surface area contributed by atoms with Gasteiger partial charge in [-0.05, 0) is 62.2 Å². The Bertz CT molecular complexity index is 256. The van der Waals surface area contributed by atoms with Crippen molar-refractivity contribution >= 4 is 0 Å². The Kier molecular flexibility index (Phi) is 2.29. The van der Waals surface area contributed by atoms with Crippen LogP contribution in [0.1, 0.15) is 38.5 Å². The van der Waals surface area contributed by atoms with Crippen molar-refractivity contribution in [3.8, 4) is 0 Å². The molecule has 0 spiro atoms. The molecule has 16 heavy (non-hydrogen) atoms. The SMILES string of the molecule is C(CC1CO1)OC1CC2C3CCC(C3)C2C1. The summed E-state index contributed by atoms with van der Waals surface area (Å²) >= 11 is 0. The lowest BCUT2D eigenvalue weighted by molar-refractivity contribution is 0.0457. The van der Waals surface area contributed by atoms with E-state index < -0.39 is 0 Å². The average Bonchev–Trinajstić information content (AvgIpc) is 2.76. The molecule has 0 amide bonds. The summed E-state index contributed by atoms with van der Waals surface area (Å²) in [5.41, 5.74) is 0. The largest absolute Gasteiger partial charge is 0.378 e. The van der Waals surface area contributed by atoms with Gasteiger partial charge < -0.3 is 9.47 Å². The van der Waals surface area contributed by atoms with Crippen LogP contribution in [0, 0.1) is 23.7 Å². The van der Waals surface area contributed by atoms with Crippen molar-refractivity contribution in [1.82, 2.24) is 0 Å². The van der Waals surface area contributed by atoms with Gasteiger partial charge in [0.15, 0.2) is 0 Å². The van der Waals surface area contributed by atoms with Gasteiger partial charge in [-0.3, -0.25) is 0 Å². The Morgan fingerprint density at radius 1 is 1.00 bits per heavy atom. The third-order valence-corrected chi connectivity index (χ3v) is 5.54. The van der Waals surface area contributed by atoms with E-state index in [0.717, 1.165) is 43.3 Å². The summed E-state index contributed by atoms with van der Waals surface area (Å²) in [5.74, 6) is 4.24. The van der Waals surface area contributed by atoms with Crippen molar-refractivity contribution in [2.45, 2.75) is 50.7 Å². The first-order valence-corrected chi connectivity index (χ1v) is 7.13. The molecule has 2 nitrogen and oxygen atoms in total. The second kappa shape index (κ2) is 3.71. The molecule has 5 atom stereocenters. The molecule has 4 fully saturated rings. The highest BCUT2D eigenvalue weighted by atomic mass is 16.6. The summed E-state index contributed by atoms with van der Waals surface area (Å²) in [7, 11) is 0. The minimum Gasteiger partial charge on any atom is -0.378 e. The molecule has 5 unspecified atom stereocenters. The van der Waals surface area contributed by atoms with E-state index in [4.69, 9.17) is 9.47 Å². The Hall–Kier alpha value is -0.0800. The van der Waals surface area contributed by atoms with Crippen LogP contribution in [0.3, 0.4) is 0 Å². The fourth-order valence-electron chi connectivity index (χ4n) is 4.70. The summed E-state index contributed by atoms with van der Waals surface area (Å²) in [5, 5.41) is 0. The topological polar surface area (TPSA) is 21.8 Å². The van der Waals surface area contributed by atoms with Gasteiger partial charge in [-0.15, -0.1) is 0 Å². The first-order chi connectivity index (χ1) is 7.90. The number of rotatable bonds is 4. The fraction of sp³-hybridized carbons (Fsp3) is 1.00. The van der Waals surface area contributed by atoms with E-state index in [9.17, 15) is 0 Å². The van der Waals surface area contributed by atoms with E-state index in [2.05, 4.69) is 0 Å². The van der Waals surface area contributed by atoms with Crippen LogP contribution in [-0.4, -0.2) is 25.4 Å². The van der Waals surface area contributed by atoms with E-state index >= 15 is 0 Å². The predicted molar refractivity (Wildman–Crippen MR) is 61.1 cm³/mol. The molecule has 4 aliphatic rings. The summed E-state index contributed by atoms with van der Waals surface area (Å²) < 4.78 is 11.2. The summed E-state index contributed by atoms with van der Waals surface area (Å²) in [6, 6.07) is 0. The van der Waals surface area contributed by atoms with Crippen molar-refractivity contribution in [2.24, 2.45) is 23.7 Å². The molecular formula is C14H22O2. The van der Waals surface area contributed by atoms with Crippen molar-refractivity contribution in [2.75, 3.05) is 13.2 Å². The lowest BCUT2D eigenvalue weighted by Crippen LogP contribution is -2.15. The van der Waals surface area contributed by atoms with Crippen LogP contribution in [0.4, 0.5) is 0 Å². The molecule has 0 aromatic heterocycles. The van der Waals surface area contributed by atoms with Crippen molar-refractivity contribution in [1.29, 1.82) is 0 Å². The highest BCUT2D eigenvalue weighted by Crippen LogP contribution is 2.59. The third-order valence-electron chi connectivity index (χ3n) is 5.54. The second-order valence-corrected chi connectivity index (χ2v) is 6.37. The molecule has 2 heteroatoms. The van der Waals surface area contributed by atoms with Crippen LogP contribution in [0.5, 0.6) is 0 Å². The van der Waals surface area contributed by atoms with Gasteiger partial charge in [-0.1, -0.05) is 0 Å². The minimum atomic E-state index is 0.539. The molecule has 0 aromatic rings. The molecule has 1 saturated heterocycles. The average molecular weight is 222 g/mol. The monoisotopic (exact) mass is 222 g/mol. The number of ether oxygens (including phenoxy) is 2. The quantitative estimate of drug-likeness (QED) is 0.682. The molecule has 0 N–H and O–H groups in total. The molecule has 0 aromatic carbocycles. The van der Waals surface area contributed by atoms with Crippen molar-refractivity contribution in [3.63, 3.8) is 0 Å². The molecule has 3 aliphatic carbocycles. The Morgan fingerprint density at radius 3 is 2.31 bits per heavy atom. The molecule has 4 rings (SSSR count). The normalized spacial score (nSPS) is 53.2. The van der Waals surface area contributed by atoms with Gasteiger partial charge in [0.05, 0.1) is 18.8 Å². The van der Waals surface area contributed by atoms with Gasteiger partial charge in [0.2, 0.25) is 0 Å². The lowest BCUT2D eigenvalue weighted by Gasteiger charge is -2.23. The van der Waals surface area contributed by atoms with Crippen LogP contribution in [0.15, 0.2) is 0 Å². The minimum absolute atomic E-state index is 0.539. The fourth-order valence-corrected chi connectivity index (χ4v) is 4.70. The zero-order valence-electron chi connectivity index (χ0n) is 9.94. The van der Waals surface area contributed by atoms with Gasteiger partial charge in [-0.25, -0.2) is 0 Å². The van der Waals surface area contributed by atoms with Crippen LogP contribution in [0.25, 0.3) is 0 Å². The van der Waals surface area contributed by atoms with Gasteiger partial charge >= 0.3 is 0 Å². The predicted octanol–water partition coefficient (Wildman–Crippen LogP) is 2.62. The molecule has 0 radical (unpaired) electrons. The first kappa shape index (κ1) is 9.90. The van der Waals surface area contributed by atoms with Gasteiger partial charge in [0, 0.05) is 6.61 Å². The van der Waals surface area contributed by atoms with Crippen molar-refractivity contribution in [3.05, 3.63) is 0 Å². The van der Waals surface area contributed by atoms with E-state index in [1.165, 1.54) is 25.7 Å². The third kappa shape index (κ3) is 1.62. The standard InChI is InChI=1S/C14H22O2/c1-2-10-5-9(1)13-6-12(7-14(10)13)15-4-3-11-8-16-11/h9-14H,1-8H2. The summed E-state index contributed by atoms with van der Waals surface area (Å²) in [4.78, 5) is 0. The van der Waals surface area contributed by atoms with Gasteiger partial charge in [0.25, 0.3) is 0 Å². The molecule has 1 aliphatic heterocycles. The molecule has 90 valence electrons. The second-order valence-electron chi connectivity index (χ2n) is 6.37. The highest BCUT2D eigenvalue weighted by molar-refractivity contribution is 5.01. The Balaban J connectivity index is 1.29. The zero-order valence-corrected chi connectivity index (χ0v) is 9.94. The van der Waals surface area contributed by atoms with E-state index in [-0.39, 0.29) is 0 Å². The molecule has 3 saturated carbocycles. The maximum atomic E-state index is 6.03. The maximum absolute atomic E-state index is 6.03. The maximum Gasteiger partial charge on any atom is 0.0831 e. The molecular weight excluding hydrogens is 200 g/mol. The zero-order chi connectivity index (χ0) is 10.5. The number of fused-ring (bicyclic) bond motifs is 5. The Morgan fingerprint density at radius 2 is 1.69 bits per heavy atom. The van der Waals surface area contributed by atoms with Crippen LogP contribution < -0.4 is 0 Å². The highest BCUT2D eigenvalue weighted by Gasteiger charge is 2.52. The van der Waals surface area contributed by atoms with Crippen LogP contribution >= 0.6 is 0 Å². The number of hydrogen-bond donors (Lipinski definition) is 0. The molecule has 2 bridgehead atoms. The van der Waals surface area contributed by atoms with Crippen molar-refractivity contribution < 1.29 is 9.47 Å². The van der Waals surface area contributed by atoms with Gasteiger partial charge in [0.1, 0.15) is 0 Å². The smallest absolute Gasteiger partial charge is 0.0831 e. The first-order valence-electron chi connectivity index (χ1n) is 7.13. The van der Waals surface area contributed by atoms with E-state index in [1.807, 2.05) is 0 Å². The van der Waals surface area contributed by atoms with Crippen LogP contribution in [-0.2, 0) is 9.47 Å². The van der Waals surface area contributed by atoms with E-state index in [0.29, 0.717) is 12.2 Å². The summed E-state index contributed by atoms with van der Waals surface area (Å²) in [6.07, 6.45) is 9.60. The van der Waals surface area contributed by atoms with Crippen LogP contribution in [0.2, 0.25) is 0 Å². The molecule has 1 heterocycles. The Labute approximate surface area is 97.7 Å². The van der Waals surface area contributed by atoms with Gasteiger partial charge in [-0.2, -0.15) is 0 Å². The summed E-state index contributed by atoms with van der Waals surface area (Å²) in [6.45, 7) is 1.91.